The maximum absolute atomic E-state index is 11.4. The van der Waals surface area contributed by atoms with Gasteiger partial charge in [-0.1, -0.05) is 52.2 Å². The Bertz CT molecular complexity index is 763. The van der Waals surface area contributed by atoms with E-state index in [9.17, 15) is 20.1 Å². The van der Waals surface area contributed by atoms with Crippen molar-refractivity contribution < 1.29 is 21.5 Å². The Balaban J connectivity index is 1.53. The van der Waals surface area contributed by atoms with Gasteiger partial charge in [-0.05, 0) is 91.8 Å². The van der Waals surface area contributed by atoms with E-state index in [-0.39, 0.29) is 28.8 Å². The minimum absolute atomic E-state index is 0.00911. The molecule has 0 aromatic rings. The standard InChI is InChI=1S/C27H44O4/c1-16(6-5-7-17(2)25(30)31)20-8-9-21-24-22(11-13-27(20,21)4)26(3)12-10-19(28)14-18(26)15-23(24)29/h15-17,19-24,28-29H,5-14H2,1-4H3,(H,30,31)/t16-,17-,19+,20-,21+,22+,23-,24+,26+,27-/m1/s1/i23D. The molecule has 176 valence electrons. The van der Waals surface area contributed by atoms with Crippen molar-refractivity contribution >= 4 is 5.97 Å². The second kappa shape index (κ2) is 8.48. The molecular weight excluding hydrogens is 388 g/mol. The van der Waals surface area contributed by atoms with Gasteiger partial charge in [0.1, 0.15) is 0 Å². The van der Waals surface area contributed by atoms with Gasteiger partial charge >= 0.3 is 5.97 Å². The van der Waals surface area contributed by atoms with E-state index in [0.717, 1.165) is 63.4 Å². The number of fused-ring (bicyclic) bond motifs is 5. The Morgan fingerprint density at radius 2 is 1.87 bits per heavy atom. The third kappa shape index (κ3) is 3.90. The maximum atomic E-state index is 11.4. The van der Waals surface area contributed by atoms with Crippen LogP contribution in [0.5, 0.6) is 0 Å². The number of aliphatic hydroxyl groups excluding tert-OH is 1. The monoisotopic (exact) mass is 433 g/mol. The fraction of sp³-hybridized carbons (Fsp3) is 0.889. The van der Waals surface area contributed by atoms with E-state index in [1.165, 1.54) is 0 Å². The Labute approximate surface area is 189 Å². The molecule has 31 heavy (non-hydrogen) atoms. The summed E-state index contributed by atoms with van der Waals surface area (Å²) in [6.45, 7) is 8.89. The summed E-state index contributed by atoms with van der Waals surface area (Å²) in [6, 6.07) is 0. The van der Waals surface area contributed by atoms with Gasteiger partial charge < -0.3 is 15.3 Å². The van der Waals surface area contributed by atoms with Crippen molar-refractivity contribution in [3.63, 3.8) is 0 Å². The Morgan fingerprint density at radius 1 is 1.13 bits per heavy atom. The first kappa shape index (κ1) is 21.9. The van der Waals surface area contributed by atoms with Crippen molar-refractivity contribution in [3.8, 4) is 0 Å². The fourth-order valence-corrected chi connectivity index (χ4v) is 8.45. The highest BCUT2D eigenvalue weighted by atomic mass is 16.4. The number of rotatable bonds is 6. The van der Waals surface area contributed by atoms with Crippen LogP contribution in [-0.4, -0.2) is 33.5 Å². The maximum Gasteiger partial charge on any atom is 0.306 e. The molecule has 4 rings (SSSR count). The summed E-state index contributed by atoms with van der Waals surface area (Å²) >= 11 is 0. The van der Waals surface area contributed by atoms with Crippen molar-refractivity contribution in [1.29, 1.82) is 0 Å². The molecule has 4 nitrogen and oxygen atoms in total. The average Bonchev–Trinajstić information content (AvgIpc) is 3.06. The number of aliphatic carboxylic acids is 1. The highest BCUT2D eigenvalue weighted by Gasteiger charge is 2.61. The molecule has 4 heteroatoms. The van der Waals surface area contributed by atoms with Gasteiger partial charge in [0, 0.05) is 0 Å². The van der Waals surface area contributed by atoms with Gasteiger partial charge in [-0.15, -0.1) is 0 Å². The zero-order chi connectivity index (χ0) is 23.5. The van der Waals surface area contributed by atoms with Gasteiger partial charge in [0.05, 0.1) is 19.5 Å². The quantitative estimate of drug-likeness (QED) is 0.489. The molecular formula is C27H44O4. The molecule has 4 aliphatic rings. The van der Waals surface area contributed by atoms with Crippen molar-refractivity contribution in [2.75, 3.05) is 0 Å². The predicted molar refractivity (Wildman–Crippen MR) is 122 cm³/mol. The first-order valence-corrected chi connectivity index (χ1v) is 12.8. The van der Waals surface area contributed by atoms with Crippen molar-refractivity contribution in [3.05, 3.63) is 11.6 Å². The molecule has 0 bridgehead atoms. The van der Waals surface area contributed by atoms with E-state index >= 15 is 0 Å². The number of carbonyl (C=O) groups is 1. The van der Waals surface area contributed by atoms with Crippen molar-refractivity contribution in [2.24, 2.45) is 46.3 Å². The summed E-state index contributed by atoms with van der Waals surface area (Å²) in [4.78, 5) is 11.1. The summed E-state index contributed by atoms with van der Waals surface area (Å²) in [5, 5.41) is 30.8. The lowest BCUT2D eigenvalue weighted by Gasteiger charge is -2.59. The van der Waals surface area contributed by atoms with E-state index in [0.29, 0.717) is 30.1 Å². The molecule has 3 saturated carbocycles. The van der Waals surface area contributed by atoms with E-state index in [1.54, 1.807) is 6.92 Å². The van der Waals surface area contributed by atoms with Gasteiger partial charge in [-0.3, -0.25) is 4.79 Å². The van der Waals surface area contributed by atoms with Crippen LogP contribution >= 0.6 is 0 Å². The number of aliphatic hydroxyl groups is 2. The Morgan fingerprint density at radius 3 is 2.58 bits per heavy atom. The highest BCUT2D eigenvalue weighted by Crippen LogP contribution is 2.67. The van der Waals surface area contributed by atoms with Crippen molar-refractivity contribution in [2.45, 2.75) is 104 Å². The summed E-state index contributed by atoms with van der Waals surface area (Å²) < 4.78 is 8.98. The van der Waals surface area contributed by atoms with Gasteiger partial charge in [0.2, 0.25) is 0 Å². The van der Waals surface area contributed by atoms with Gasteiger partial charge in [0.25, 0.3) is 0 Å². The van der Waals surface area contributed by atoms with Crippen LogP contribution in [0.4, 0.5) is 0 Å². The molecule has 3 N–H and O–H groups in total. The molecule has 0 unspecified atom stereocenters. The predicted octanol–water partition coefficient (Wildman–Crippen LogP) is 5.42. The first-order valence-electron chi connectivity index (χ1n) is 13.3. The molecule has 0 amide bonds. The topological polar surface area (TPSA) is 77.8 Å². The van der Waals surface area contributed by atoms with Crippen LogP contribution in [0, 0.1) is 46.3 Å². The van der Waals surface area contributed by atoms with E-state index in [4.69, 9.17) is 1.37 Å². The fourth-order valence-electron chi connectivity index (χ4n) is 8.45. The lowest BCUT2D eigenvalue weighted by molar-refractivity contribution is -0.141. The second-order valence-corrected chi connectivity index (χ2v) is 12.0. The molecule has 3 fully saturated rings. The van der Waals surface area contributed by atoms with E-state index < -0.39 is 12.0 Å². The molecule has 10 atom stereocenters. The number of carboxylic acids is 1. The number of hydrogen-bond acceptors (Lipinski definition) is 3. The third-order valence-electron chi connectivity index (χ3n) is 10.4. The summed E-state index contributed by atoms with van der Waals surface area (Å²) in [7, 11) is 0. The lowest BCUT2D eigenvalue weighted by atomic mass is 9.46. The number of hydrogen-bond donors (Lipinski definition) is 3. The number of carboxylic acid groups (broad SMARTS) is 1. The molecule has 0 saturated heterocycles. The minimum atomic E-state index is -1.54. The molecule has 4 aliphatic carbocycles. The normalized spacial score (nSPS) is 49.2. The molecule has 0 spiro atoms. The summed E-state index contributed by atoms with van der Waals surface area (Å²) in [5.74, 6) is 0.784. The minimum Gasteiger partial charge on any atom is -0.481 e. The average molecular weight is 434 g/mol. The lowest BCUT2D eigenvalue weighted by Crippen LogP contribution is -2.54. The van der Waals surface area contributed by atoms with Crippen LogP contribution in [0.15, 0.2) is 11.6 Å². The zero-order valence-corrected chi connectivity index (χ0v) is 19.9. The smallest absolute Gasteiger partial charge is 0.306 e. The third-order valence-corrected chi connectivity index (χ3v) is 10.4. The molecule has 0 aliphatic heterocycles. The van der Waals surface area contributed by atoms with Crippen LogP contribution < -0.4 is 0 Å². The molecule has 0 aromatic heterocycles. The van der Waals surface area contributed by atoms with Crippen LogP contribution in [0.3, 0.4) is 0 Å². The Kier molecular flexibility index (Phi) is 6.01. The molecule has 0 aromatic carbocycles. The Hall–Kier alpha value is -0.870. The second-order valence-electron chi connectivity index (χ2n) is 12.0. The SMILES string of the molecule is [2H][C@@]1(O)C=C2C[C@@H](O)CC[C@]2(C)[C@H]2CC[C@]3(C)[C@@H]([C@H](C)CCC[C@@H](C)C(=O)O)CC[C@H]3[C@@H]21. The van der Waals surface area contributed by atoms with Crippen LogP contribution in [0.2, 0.25) is 0 Å². The van der Waals surface area contributed by atoms with Crippen molar-refractivity contribution in [1.82, 2.24) is 0 Å². The van der Waals surface area contributed by atoms with Gasteiger partial charge in [-0.25, -0.2) is 0 Å². The molecule has 0 radical (unpaired) electrons. The zero-order valence-electron chi connectivity index (χ0n) is 20.9. The summed E-state index contributed by atoms with van der Waals surface area (Å²) in [6.07, 6.45) is 9.54. The summed E-state index contributed by atoms with van der Waals surface area (Å²) in [5.41, 5.74) is 1.27. The van der Waals surface area contributed by atoms with E-state index in [2.05, 4.69) is 20.8 Å². The van der Waals surface area contributed by atoms with Gasteiger partial charge in [-0.2, -0.15) is 0 Å². The largest absolute Gasteiger partial charge is 0.481 e. The molecule has 0 heterocycles. The van der Waals surface area contributed by atoms with Crippen LogP contribution in [-0.2, 0) is 4.79 Å². The van der Waals surface area contributed by atoms with Crippen LogP contribution in [0.25, 0.3) is 0 Å². The van der Waals surface area contributed by atoms with Gasteiger partial charge in [0.15, 0.2) is 0 Å². The van der Waals surface area contributed by atoms with Crippen LogP contribution in [0.1, 0.15) is 93.3 Å². The first-order chi connectivity index (χ1) is 14.9. The highest BCUT2D eigenvalue weighted by molar-refractivity contribution is 5.69. The van der Waals surface area contributed by atoms with E-state index in [1.807, 2.05) is 6.08 Å².